The van der Waals surface area contributed by atoms with Crippen LogP contribution >= 0.6 is 0 Å². The fourth-order valence-corrected chi connectivity index (χ4v) is 1.30. The standard InChI is InChI=1S/C9H17NO2/c1-4-12-9(11)10-5-8(6-10)7(2)3/h7-8H,4-6H2,1-3H3. The van der Waals surface area contributed by atoms with Crippen LogP contribution in [0.1, 0.15) is 20.8 Å². The summed E-state index contributed by atoms with van der Waals surface area (Å²) in [5, 5.41) is 0. The maximum Gasteiger partial charge on any atom is 0.409 e. The first-order chi connectivity index (χ1) is 5.65. The van der Waals surface area contributed by atoms with E-state index < -0.39 is 0 Å². The van der Waals surface area contributed by atoms with E-state index in [0.29, 0.717) is 18.4 Å². The molecule has 70 valence electrons. The van der Waals surface area contributed by atoms with Crippen LogP contribution in [0.5, 0.6) is 0 Å². The predicted molar refractivity (Wildman–Crippen MR) is 46.9 cm³/mol. The van der Waals surface area contributed by atoms with Gasteiger partial charge >= 0.3 is 6.09 Å². The predicted octanol–water partition coefficient (Wildman–Crippen LogP) is 1.73. The zero-order valence-electron chi connectivity index (χ0n) is 8.04. The summed E-state index contributed by atoms with van der Waals surface area (Å²) < 4.78 is 4.86. The Morgan fingerprint density at radius 1 is 1.58 bits per heavy atom. The molecule has 0 radical (unpaired) electrons. The molecular weight excluding hydrogens is 154 g/mol. The van der Waals surface area contributed by atoms with E-state index in [9.17, 15) is 4.79 Å². The molecule has 1 fully saturated rings. The molecule has 0 saturated carbocycles. The molecule has 3 nitrogen and oxygen atoms in total. The average molecular weight is 171 g/mol. The highest BCUT2D eigenvalue weighted by Gasteiger charge is 2.33. The molecule has 0 bridgehead atoms. The van der Waals surface area contributed by atoms with Gasteiger partial charge in [0.25, 0.3) is 0 Å². The molecule has 0 aromatic heterocycles. The van der Waals surface area contributed by atoms with E-state index in [0.717, 1.165) is 13.1 Å². The molecule has 0 aromatic rings. The zero-order chi connectivity index (χ0) is 9.14. The molecule has 0 N–H and O–H groups in total. The maximum atomic E-state index is 11.1. The lowest BCUT2D eigenvalue weighted by molar-refractivity contribution is 0.0422. The van der Waals surface area contributed by atoms with Crippen LogP contribution in [0.4, 0.5) is 4.79 Å². The summed E-state index contributed by atoms with van der Waals surface area (Å²) in [7, 11) is 0. The Kier molecular flexibility index (Phi) is 2.95. The average Bonchev–Trinajstić information content (AvgIpc) is 1.82. The molecule has 0 atom stereocenters. The van der Waals surface area contributed by atoms with Crippen LogP contribution < -0.4 is 0 Å². The van der Waals surface area contributed by atoms with E-state index in [1.807, 2.05) is 6.92 Å². The van der Waals surface area contributed by atoms with Gasteiger partial charge in [0, 0.05) is 13.1 Å². The number of carbonyl (C=O) groups is 1. The van der Waals surface area contributed by atoms with Crippen molar-refractivity contribution < 1.29 is 9.53 Å². The molecule has 12 heavy (non-hydrogen) atoms. The fourth-order valence-electron chi connectivity index (χ4n) is 1.30. The minimum atomic E-state index is -0.158. The van der Waals surface area contributed by atoms with E-state index in [1.54, 1.807) is 4.90 Å². The van der Waals surface area contributed by atoms with Crippen molar-refractivity contribution in [1.29, 1.82) is 0 Å². The van der Waals surface area contributed by atoms with Crippen molar-refractivity contribution >= 4 is 6.09 Å². The molecule has 1 rings (SSSR count). The van der Waals surface area contributed by atoms with Crippen LogP contribution in [0.2, 0.25) is 0 Å². The van der Waals surface area contributed by atoms with Crippen molar-refractivity contribution in [2.24, 2.45) is 11.8 Å². The smallest absolute Gasteiger partial charge is 0.409 e. The Bertz CT molecular complexity index is 162. The largest absolute Gasteiger partial charge is 0.450 e. The molecule has 1 saturated heterocycles. The molecule has 0 unspecified atom stereocenters. The van der Waals surface area contributed by atoms with Crippen molar-refractivity contribution in [2.45, 2.75) is 20.8 Å². The number of hydrogen-bond donors (Lipinski definition) is 0. The van der Waals surface area contributed by atoms with Crippen molar-refractivity contribution in [3.63, 3.8) is 0 Å². The number of rotatable bonds is 2. The van der Waals surface area contributed by atoms with Crippen molar-refractivity contribution in [1.82, 2.24) is 4.90 Å². The summed E-state index contributed by atoms with van der Waals surface area (Å²) >= 11 is 0. The van der Waals surface area contributed by atoms with Gasteiger partial charge in [-0.3, -0.25) is 0 Å². The second-order valence-electron chi connectivity index (χ2n) is 3.61. The monoisotopic (exact) mass is 171 g/mol. The van der Waals surface area contributed by atoms with Gasteiger partial charge in [-0.2, -0.15) is 0 Å². The molecule has 0 aliphatic carbocycles. The topological polar surface area (TPSA) is 29.5 Å². The number of likely N-dealkylation sites (tertiary alicyclic amines) is 1. The number of nitrogens with zero attached hydrogens (tertiary/aromatic N) is 1. The third-order valence-corrected chi connectivity index (χ3v) is 2.38. The summed E-state index contributed by atoms with van der Waals surface area (Å²) in [6, 6.07) is 0. The Hall–Kier alpha value is -0.730. The summed E-state index contributed by atoms with van der Waals surface area (Å²) in [5.41, 5.74) is 0. The number of amides is 1. The normalized spacial score (nSPS) is 17.8. The van der Waals surface area contributed by atoms with Gasteiger partial charge in [-0.25, -0.2) is 4.79 Å². The third-order valence-electron chi connectivity index (χ3n) is 2.38. The van der Waals surface area contributed by atoms with Crippen LogP contribution in [-0.2, 0) is 4.74 Å². The van der Waals surface area contributed by atoms with Gasteiger partial charge in [-0.15, -0.1) is 0 Å². The van der Waals surface area contributed by atoms with Gasteiger partial charge in [0.05, 0.1) is 6.61 Å². The van der Waals surface area contributed by atoms with Gasteiger partial charge in [0.2, 0.25) is 0 Å². The first-order valence-electron chi connectivity index (χ1n) is 4.56. The lowest BCUT2D eigenvalue weighted by Gasteiger charge is -2.40. The van der Waals surface area contributed by atoms with Crippen LogP contribution in [0.15, 0.2) is 0 Å². The quantitative estimate of drug-likeness (QED) is 0.633. The van der Waals surface area contributed by atoms with Crippen molar-refractivity contribution in [3.8, 4) is 0 Å². The highest BCUT2D eigenvalue weighted by atomic mass is 16.6. The maximum absolute atomic E-state index is 11.1. The third kappa shape index (κ3) is 1.90. The molecule has 3 heteroatoms. The molecule has 1 amide bonds. The van der Waals surface area contributed by atoms with Crippen molar-refractivity contribution in [3.05, 3.63) is 0 Å². The van der Waals surface area contributed by atoms with E-state index in [-0.39, 0.29) is 6.09 Å². The first-order valence-corrected chi connectivity index (χ1v) is 4.56. The van der Waals surface area contributed by atoms with E-state index >= 15 is 0 Å². The van der Waals surface area contributed by atoms with Crippen LogP contribution in [0.25, 0.3) is 0 Å². The van der Waals surface area contributed by atoms with Gasteiger partial charge in [0.1, 0.15) is 0 Å². The van der Waals surface area contributed by atoms with Gasteiger partial charge in [-0.05, 0) is 18.8 Å². The van der Waals surface area contributed by atoms with Crippen LogP contribution in [0, 0.1) is 11.8 Å². The Morgan fingerprint density at radius 2 is 2.17 bits per heavy atom. The second-order valence-corrected chi connectivity index (χ2v) is 3.61. The van der Waals surface area contributed by atoms with E-state index in [2.05, 4.69) is 13.8 Å². The fraction of sp³-hybridized carbons (Fsp3) is 0.889. The summed E-state index contributed by atoms with van der Waals surface area (Å²) in [6.45, 7) is 8.42. The minimum absolute atomic E-state index is 0.158. The summed E-state index contributed by atoms with van der Waals surface area (Å²) in [5.74, 6) is 1.35. The highest BCUT2D eigenvalue weighted by molar-refractivity contribution is 5.68. The van der Waals surface area contributed by atoms with Crippen molar-refractivity contribution in [2.75, 3.05) is 19.7 Å². The van der Waals surface area contributed by atoms with E-state index in [4.69, 9.17) is 4.74 Å². The number of hydrogen-bond acceptors (Lipinski definition) is 2. The molecule has 0 aromatic carbocycles. The second kappa shape index (κ2) is 3.78. The lowest BCUT2D eigenvalue weighted by Crippen LogP contribution is -2.51. The SMILES string of the molecule is CCOC(=O)N1CC(C(C)C)C1. The molecule has 1 aliphatic rings. The number of carbonyl (C=O) groups excluding carboxylic acids is 1. The van der Waals surface area contributed by atoms with E-state index in [1.165, 1.54) is 0 Å². The Morgan fingerprint density at radius 3 is 2.58 bits per heavy atom. The zero-order valence-corrected chi connectivity index (χ0v) is 8.04. The molecule has 0 spiro atoms. The first kappa shape index (κ1) is 9.36. The van der Waals surface area contributed by atoms with Gasteiger partial charge in [0.15, 0.2) is 0 Å². The highest BCUT2D eigenvalue weighted by Crippen LogP contribution is 2.23. The molecular formula is C9H17NO2. The molecule has 1 heterocycles. The number of ether oxygens (including phenoxy) is 1. The van der Waals surface area contributed by atoms with Gasteiger partial charge < -0.3 is 9.64 Å². The lowest BCUT2D eigenvalue weighted by atomic mass is 9.89. The summed E-state index contributed by atoms with van der Waals surface area (Å²) in [6.07, 6.45) is -0.158. The molecule has 1 aliphatic heterocycles. The van der Waals surface area contributed by atoms with Crippen LogP contribution in [0.3, 0.4) is 0 Å². The Labute approximate surface area is 73.7 Å². The minimum Gasteiger partial charge on any atom is -0.450 e. The summed E-state index contributed by atoms with van der Waals surface area (Å²) in [4.78, 5) is 12.9. The van der Waals surface area contributed by atoms with Gasteiger partial charge in [-0.1, -0.05) is 13.8 Å². The van der Waals surface area contributed by atoms with Crippen LogP contribution in [-0.4, -0.2) is 30.7 Å². The Balaban J connectivity index is 2.20.